The first-order valence-electron chi connectivity index (χ1n) is 2.60. The highest BCUT2D eigenvalue weighted by atomic mass is 127. The van der Waals surface area contributed by atoms with Crippen molar-refractivity contribution in [3.63, 3.8) is 0 Å². The smallest absolute Gasteiger partial charge is 0.0130 e. The van der Waals surface area contributed by atoms with Gasteiger partial charge in [-0.2, -0.15) is 0 Å². The van der Waals surface area contributed by atoms with Crippen LogP contribution < -0.4 is 0 Å². The van der Waals surface area contributed by atoms with E-state index in [-0.39, 0.29) is 0 Å². The van der Waals surface area contributed by atoms with Crippen molar-refractivity contribution in [1.29, 1.82) is 0 Å². The fraction of sp³-hybridized carbons (Fsp3) is 0. The van der Waals surface area contributed by atoms with Crippen molar-refractivity contribution >= 4 is 22.6 Å². The summed E-state index contributed by atoms with van der Waals surface area (Å²) in [6.07, 6.45) is 0. The van der Waals surface area contributed by atoms with Crippen LogP contribution in [0, 0.1) is 3.57 Å². The molecule has 1 rings (SSSR count). The molecule has 0 amide bonds. The van der Waals surface area contributed by atoms with Crippen LogP contribution in [0.2, 0.25) is 0 Å². The van der Waals surface area contributed by atoms with Gasteiger partial charge in [0.1, 0.15) is 0 Å². The zero-order chi connectivity index (χ0) is 7.11. The fourth-order valence-corrected chi connectivity index (χ4v) is 0.830. The molecule has 0 aliphatic rings. The third-order valence-corrected chi connectivity index (χ3v) is 1.45. The predicted octanol–water partition coefficient (Wildman–Crippen LogP) is 3.09. The van der Waals surface area contributed by atoms with E-state index < -0.39 is 0 Å². The first-order valence-corrected chi connectivity index (χ1v) is 3.68. The van der Waals surface area contributed by atoms with Crippen LogP contribution in [0.5, 0.6) is 0 Å². The summed E-state index contributed by atoms with van der Waals surface area (Å²) >= 11 is 2.28. The number of hydrogen-bond acceptors (Lipinski definition) is 0. The lowest BCUT2D eigenvalue weighted by atomic mass is 10.4. The van der Waals surface area contributed by atoms with Crippen molar-refractivity contribution in [2.75, 3.05) is 0 Å². The molecule has 0 fully saturated rings. The zero-order valence-electron chi connectivity index (χ0n) is 5.18. The van der Waals surface area contributed by atoms with E-state index in [2.05, 4.69) is 47.9 Å². The van der Waals surface area contributed by atoms with Crippen LogP contribution in [-0.4, -0.2) is 0 Å². The van der Waals surface area contributed by atoms with Crippen LogP contribution in [-0.2, 0) is 0 Å². The maximum absolute atomic E-state index is 3.00. The lowest BCUT2D eigenvalue weighted by Gasteiger charge is -1.80. The van der Waals surface area contributed by atoms with Gasteiger partial charge in [0.25, 0.3) is 0 Å². The standard InChI is InChI=1S/C6H5I.C2H4/c7-6-4-2-1-3-5-6;1-2/h1-5H;1-2H2. The summed E-state index contributed by atoms with van der Waals surface area (Å²) in [7, 11) is 0. The lowest BCUT2D eigenvalue weighted by molar-refractivity contribution is 1.65. The predicted molar refractivity (Wildman–Crippen MR) is 50.4 cm³/mol. The van der Waals surface area contributed by atoms with Crippen LogP contribution >= 0.6 is 22.6 Å². The Morgan fingerprint density at radius 3 is 1.67 bits per heavy atom. The molecule has 48 valence electrons. The second-order valence-electron chi connectivity index (χ2n) is 1.30. The molecule has 0 bridgehead atoms. The maximum atomic E-state index is 3.00. The van der Waals surface area contributed by atoms with Gasteiger partial charge < -0.3 is 0 Å². The molecule has 0 saturated heterocycles. The molecule has 0 spiro atoms. The normalized spacial score (nSPS) is 7.22. The van der Waals surface area contributed by atoms with Gasteiger partial charge in [-0.1, -0.05) is 18.2 Å². The maximum Gasteiger partial charge on any atom is 0.0130 e. The Kier molecular flexibility index (Phi) is 5.62. The molecular formula is C8H9I. The Balaban J connectivity index is 0.000000291. The lowest BCUT2D eigenvalue weighted by Crippen LogP contribution is -1.61. The van der Waals surface area contributed by atoms with E-state index in [4.69, 9.17) is 0 Å². The van der Waals surface area contributed by atoms with Gasteiger partial charge in [0.05, 0.1) is 0 Å². The highest BCUT2D eigenvalue weighted by Crippen LogP contribution is 1.99. The van der Waals surface area contributed by atoms with Crippen molar-refractivity contribution in [2.45, 2.75) is 0 Å². The van der Waals surface area contributed by atoms with Gasteiger partial charge in [0, 0.05) is 3.57 Å². The highest BCUT2D eigenvalue weighted by Gasteiger charge is 1.74. The second-order valence-corrected chi connectivity index (χ2v) is 2.54. The Hall–Kier alpha value is -0.310. The summed E-state index contributed by atoms with van der Waals surface area (Å²) in [6.45, 7) is 6.00. The Morgan fingerprint density at radius 1 is 1.00 bits per heavy atom. The molecule has 1 aromatic carbocycles. The van der Waals surface area contributed by atoms with E-state index in [0.717, 1.165) is 0 Å². The Labute approximate surface area is 69.7 Å². The first kappa shape index (κ1) is 8.69. The van der Waals surface area contributed by atoms with Gasteiger partial charge >= 0.3 is 0 Å². The molecule has 0 atom stereocenters. The molecular weight excluding hydrogens is 223 g/mol. The average molecular weight is 232 g/mol. The molecule has 9 heavy (non-hydrogen) atoms. The van der Waals surface area contributed by atoms with Crippen molar-refractivity contribution < 1.29 is 0 Å². The minimum atomic E-state index is 1.29. The van der Waals surface area contributed by atoms with Gasteiger partial charge in [-0.05, 0) is 34.7 Å². The first-order chi connectivity index (χ1) is 4.39. The van der Waals surface area contributed by atoms with E-state index in [1.807, 2.05) is 18.2 Å². The van der Waals surface area contributed by atoms with E-state index >= 15 is 0 Å². The summed E-state index contributed by atoms with van der Waals surface area (Å²) in [5.74, 6) is 0. The summed E-state index contributed by atoms with van der Waals surface area (Å²) in [5, 5.41) is 0. The van der Waals surface area contributed by atoms with Gasteiger partial charge in [0.15, 0.2) is 0 Å². The topological polar surface area (TPSA) is 0 Å². The van der Waals surface area contributed by atoms with Crippen LogP contribution in [0.4, 0.5) is 0 Å². The molecule has 0 aliphatic heterocycles. The average Bonchev–Trinajstić information content (AvgIpc) is 1.94. The summed E-state index contributed by atoms with van der Waals surface area (Å²) in [5.41, 5.74) is 0. The van der Waals surface area contributed by atoms with Gasteiger partial charge in [-0.15, -0.1) is 13.2 Å². The van der Waals surface area contributed by atoms with Gasteiger partial charge in [-0.3, -0.25) is 0 Å². The van der Waals surface area contributed by atoms with Crippen LogP contribution in [0.15, 0.2) is 43.5 Å². The largest absolute Gasteiger partial charge is 0.106 e. The summed E-state index contributed by atoms with van der Waals surface area (Å²) < 4.78 is 1.29. The van der Waals surface area contributed by atoms with Crippen LogP contribution in [0.3, 0.4) is 0 Å². The molecule has 0 N–H and O–H groups in total. The van der Waals surface area contributed by atoms with Crippen LogP contribution in [0.1, 0.15) is 0 Å². The van der Waals surface area contributed by atoms with Crippen molar-refractivity contribution in [3.05, 3.63) is 47.1 Å². The highest BCUT2D eigenvalue weighted by molar-refractivity contribution is 14.1. The monoisotopic (exact) mass is 232 g/mol. The summed E-state index contributed by atoms with van der Waals surface area (Å²) in [4.78, 5) is 0. The molecule has 0 aliphatic carbocycles. The SMILES string of the molecule is C=C.Ic1ccccc1. The number of rotatable bonds is 0. The van der Waals surface area contributed by atoms with E-state index in [0.29, 0.717) is 0 Å². The molecule has 0 heterocycles. The Morgan fingerprint density at radius 2 is 1.44 bits per heavy atom. The van der Waals surface area contributed by atoms with Crippen LogP contribution in [0.25, 0.3) is 0 Å². The molecule has 0 unspecified atom stereocenters. The fourth-order valence-electron chi connectivity index (χ4n) is 0.415. The minimum Gasteiger partial charge on any atom is -0.106 e. The molecule has 0 saturated carbocycles. The molecule has 1 heteroatoms. The number of hydrogen-bond donors (Lipinski definition) is 0. The molecule has 1 aromatic rings. The summed E-state index contributed by atoms with van der Waals surface area (Å²) in [6, 6.07) is 10.2. The van der Waals surface area contributed by atoms with Gasteiger partial charge in [-0.25, -0.2) is 0 Å². The van der Waals surface area contributed by atoms with E-state index in [9.17, 15) is 0 Å². The quantitative estimate of drug-likeness (QED) is 0.476. The second kappa shape index (κ2) is 5.82. The van der Waals surface area contributed by atoms with E-state index in [1.54, 1.807) is 0 Å². The number of halogens is 1. The third-order valence-electron chi connectivity index (χ3n) is 0.733. The van der Waals surface area contributed by atoms with E-state index in [1.165, 1.54) is 3.57 Å². The van der Waals surface area contributed by atoms with Crippen molar-refractivity contribution in [1.82, 2.24) is 0 Å². The number of benzene rings is 1. The van der Waals surface area contributed by atoms with Crippen molar-refractivity contribution in [3.8, 4) is 0 Å². The third kappa shape index (κ3) is 4.21. The molecule has 0 aromatic heterocycles. The minimum absolute atomic E-state index is 1.29. The molecule has 0 radical (unpaired) electrons. The molecule has 0 nitrogen and oxygen atoms in total. The Bertz CT molecular complexity index is 146. The van der Waals surface area contributed by atoms with Gasteiger partial charge in [0.2, 0.25) is 0 Å². The van der Waals surface area contributed by atoms with Crippen molar-refractivity contribution in [2.24, 2.45) is 0 Å². The zero-order valence-corrected chi connectivity index (χ0v) is 7.34.